The number of aldehydes is 1. The van der Waals surface area contributed by atoms with E-state index in [0.29, 0.717) is 12.1 Å². The Labute approximate surface area is 118 Å². The van der Waals surface area contributed by atoms with Crippen molar-refractivity contribution in [3.8, 4) is 0 Å². The molecule has 0 aliphatic heterocycles. The molecule has 19 heavy (non-hydrogen) atoms. The number of amides is 1. The van der Waals surface area contributed by atoms with Gasteiger partial charge in [0.25, 0.3) is 5.91 Å². The second-order valence-corrected chi connectivity index (χ2v) is 5.11. The summed E-state index contributed by atoms with van der Waals surface area (Å²) in [7, 11) is 5.10. The second-order valence-electron chi connectivity index (χ2n) is 4.75. The van der Waals surface area contributed by atoms with E-state index in [-0.39, 0.29) is 28.2 Å². The third-order valence-electron chi connectivity index (χ3n) is 2.89. The van der Waals surface area contributed by atoms with E-state index in [1.54, 1.807) is 20.2 Å². The molecule has 0 saturated heterocycles. The van der Waals surface area contributed by atoms with E-state index in [1.165, 1.54) is 4.90 Å². The zero-order valence-corrected chi connectivity index (χ0v) is 12.5. The van der Waals surface area contributed by atoms with Crippen LogP contribution in [0.15, 0.2) is 6.07 Å². The number of pyridine rings is 1. The van der Waals surface area contributed by atoms with Crippen LogP contribution >= 0.6 is 11.6 Å². The molecule has 0 bridgehead atoms. The molecule has 0 aliphatic rings. The van der Waals surface area contributed by atoms with E-state index in [2.05, 4.69) is 4.98 Å². The first-order valence-corrected chi connectivity index (χ1v) is 6.27. The molecule has 0 aromatic carbocycles. The number of nitrogens with zero attached hydrogens (tertiary/aromatic N) is 3. The van der Waals surface area contributed by atoms with Crippen LogP contribution in [0, 0.1) is 0 Å². The van der Waals surface area contributed by atoms with Crippen molar-refractivity contribution in [3.05, 3.63) is 22.3 Å². The fraction of sp³-hybridized carbons (Fsp3) is 0.462. The predicted octanol–water partition coefficient (Wildman–Crippen LogP) is 2.09. The number of hydrogen-bond donors (Lipinski definition) is 0. The maximum absolute atomic E-state index is 12.1. The smallest absolute Gasteiger partial charge is 0.254 e. The molecule has 104 valence electrons. The number of carbonyl (C=O) groups excluding carboxylic acids is 2. The van der Waals surface area contributed by atoms with Crippen molar-refractivity contribution in [2.75, 3.05) is 26.0 Å². The molecule has 0 unspecified atom stereocenters. The van der Waals surface area contributed by atoms with Crippen molar-refractivity contribution >= 4 is 29.6 Å². The molecule has 0 N–H and O–H groups in total. The van der Waals surface area contributed by atoms with Crippen LogP contribution in [-0.2, 0) is 0 Å². The molecule has 1 heterocycles. The van der Waals surface area contributed by atoms with Gasteiger partial charge in [-0.1, -0.05) is 11.6 Å². The van der Waals surface area contributed by atoms with Gasteiger partial charge >= 0.3 is 0 Å². The average molecular weight is 284 g/mol. The Balaban J connectivity index is 3.42. The minimum absolute atomic E-state index is 0.0465. The number of hydrogen-bond acceptors (Lipinski definition) is 4. The lowest BCUT2D eigenvalue weighted by Gasteiger charge is -2.24. The van der Waals surface area contributed by atoms with Gasteiger partial charge in [0.1, 0.15) is 11.0 Å². The van der Waals surface area contributed by atoms with E-state index in [1.807, 2.05) is 25.8 Å². The van der Waals surface area contributed by atoms with Crippen LogP contribution in [0.1, 0.15) is 34.6 Å². The van der Waals surface area contributed by atoms with E-state index in [4.69, 9.17) is 11.6 Å². The van der Waals surface area contributed by atoms with Crippen LogP contribution in [-0.4, -0.2) is 49.3 Å². The first-order valence-electron chi connectivity index (χ1n) is 5.89. The Bertz CT molecular complexity index is 501. The summed E-state index contributed by atoms with van der Waals surface area (Å²) in [6.07, 6.45) is 0.561. The zero-order chi connectivity index (χ0) is 14.7. The molecule has 1 rings (SSSR count). The predicted molar refractivity (Wildman–Crippen MR) is 76.2 cm³/mol. The Morgan fingerprint density at radius 3 is 2.37 bits per heavy atom. The lowest BCUT2D eigenvalue weighted by atomic mass is 10.1. The summed E-state index contributed by atoms with van der Waals surface area (Å²) in [5.74, 6) is 0.292. The van der Waals surface area contributed by atoms with Gasteiger partial charge in [-0.3, -0.25) is 9.59 Å². The zero-order valence-electron chi connectivity index (χ0n) is 11.8. The number of aromatic nitrogens is 1. The number of carbonyl (C=O) groups is 2. The van der Waals surface area contributed by atoms with E-state index in [0.717, 1.165) is 0 Å². The first kappa shape index (κ1) is 15.4. The number of anilines is 1. The fourth-order valence-electron chi connectivity index (χ4n) is 1.49. The van der Waals surface area contributed by atoms with Crippen LogP contribution in [0.2, 0.25) is 5.15 Å². The van der Waals surface area contributed by atoms with Gasteiger partial charge in [-0.2, -0.15) is 0 Å². The van der Waals surface area contributed by atoms with Crippen LogP contribution in [0.3, 0.4) is 0 Å². The molecule has 6 heteroatoms. The highest BCUT2D eigenvalue weighted by Crippen LogP contribution is 2.24. The van der Waals surface area contributed by atoms with Crippen LogP contribution < -0.4 is 4.90 Å². The molecule has 1 amide bonds. The van der Waals surface area contributed by atoms with Gasteiger partial charge < -0.3 is 9.80 Å². The molecule has 1 aromatic heterocycles. The Morgan fingerprint density at radius 1 is 1.37 bits per heavy atom. The van der Waals surface area contributed by atoms with E-state index in [9.17, 15) is 9.59 Å². The summed E-state index contributed by atoms with van der Waals surface area (Å²) in [6.45, 7) is 3.99. The maximum atomic E-state index is 12.1. The third-order valence-corrected chi connectivity index (χ3v) is 3.18. The highest BCUT2D eigenvalue weighted by Gasteiger charge is 2.20. The highest BCUT2D eigenvalue weighted by atomic mass is 35.5. The average Bonchev–Trinajstić information content (AvgIpc) is 2.35. The highest BCUT2D eigenvalue weighted by molar-refractivity contribution is 6.32. The standard InChI is InChI=1S/C13H18ClN3O2/c1-8(2)17(5)11-6-9(13(19)16(3)4)10(7-18)12(14)15-11/h6-8H,1-5H3. The van der Waals surface area contributed by atoms with Crippen molar-refractivity contribution in [1.82, 2.24) is 9.88 Å². The fourth-order valence-corrected chi connectivity index (χ4v) is 1.72. The number of halogens is 1. The largest absolute Gasteiger partial charge is 0.357 e. The number of rotatable bonds is 4. The van der Waals surface area contributed by atoms with Gasteiger partial charge in [0.15, 0.2) is 6.29 Å². The lowest BCUT2D eigenvalue weighted by molar-refractivity contribution is 0.0824. The monoisotopic (exact) mass is 283 g/mol. The van der Waals surface area contributed by atoms with Gasteiger partial charge in [0.05, 0.1) is 11.1 Å². The van der Waals surface area contributed by atoms with Crippen LogP contribution in [0.25, 0.3) is 0 Å². The molecule has 0 atom stereocenters. The minimum atomic E-state index is -0.273. The molecular weight excluding hydrogens is 266 g/mol. The van der Waals surface area contributed by atoms with Crippen molar-refractivity contribution in [3.63, 3.8) is 0 Å². The van der Waals surface area contributed by atoms with Crippen molar-refractivity contribution < 1.29 is 9.59 Å². The molecule has 0 fully saturated rings. The second kappa shape index (κ2) is 6.02. The summed E-state index contributed by atoms with van der Waals surface area (Å²) in [5.41, 5.74) is 0.392. The lowest BCUT2D eigenvalue weighted by Crippen LogP contribution is -2.28. The Kier molecular flexibility index (Phi) is 4.89. The summed E-state index contributed by atoms with van der Waals surface area (Å²) < 4.78 is 0. The Morgan fingerprint density at radius 2 is 1.95 bits per heavy atom. The first-order chi connectivity index (χ1) is 8.79. The SMILES string of the molecule is CC(C)N(C)c1cc(C(=O)N(C)C)c(C=O)c(Cl)n1. The van der Waals surface area contributed by atoms with Crippen molar-refractivity contribution in [1.29, 1.82) is 0 Å². The summed E-state index contributed by atoms with van der Waals surface area (Å²) in [4.78, 5) is 30.6. The molecular formula is C13H18ClN3O2. The molecule has 0 saturated carbocycles. The summed E-state index contributed by atoms with van der Waals surface area (Å²) in [5, 5.41) is 0.0465. The molecule has 1 aromatic rings. The van der Waals surface area contributed by atoms with Gasteiger partial charge in [0, 0.05) is 27.2 Å². The van der Waals surface area contributed by atoms with Gasteiger partial charge in [-0.05, 0) is 19.9 Å². The summed E-state index contributed by atoms with van der Waals surface area (Å²) >= 11 is 5.99. The van der Waals surface area contributed by atoms with E-state index >= 15 is 0 Å². The minimum Gasteiger partial charge on any atom is -0.357 e. The van der Waals surface area contributed by atoms with Gasteiger partial charge in [-0.15, -0.1) is 0 Å². The van der Waals surface area contributed by atoms with Crippen LogP contribution in [0.5, 0.6) is 0 Å². The molecule has 5 nitrogen and oxygen atoms in total. The molecule has 0 radical (unpaired) electrons. The molecule has 0 aliphatic carbocycles. The van der Waals surface area contributed by atoms with Gasteiger partial charge in [0.2, 0.25) is 0 Å². The maximum Gasteiger partial charge on any atom is 0.254 e. The van der Waals surface area contributed by atoms with Crippen molar-refractivity contribution in [2.24, 2.45) is 0 Å². The normalized spacial score (nSPS) is 10.5. The van der Waals surface area contributed by atoms with Gasteiger partial charge in [-0.25, -0.2) is 4.98 Å². The van der Waals surface area contributed by atoms with Crippen LogP contribution in [0.4, 0.5) is 5.82 Å². The summed E-state index contributed by atoms with van der Waals surface area (Å²) in [6, 6.07) is 1.80. The van der Waals surface area contributed by atoms with E-state index < -0.39 is 0 Å². The van der Waals surface area contributed by atoms with Crippen molar-refractivity contribution in [2.45, 2.75) is 19.9 Å². The quantitative estimate of drug-likeness (QED) is 0.627. The Hall–Kier alpha value is -1.62. The molecule has 0 spiro atoms. The third kappa shape index (κ3) is 3.23. The topological polar surface area (TPSA) is 53.5 Å².